The fourth-order valence-electron chi connectivity index (χ4n) is 2.27. The first kappa shape index (κ1) is 11.4. The number of nitrogens with one attached hydrogen (secondary N) is 1. The number of aromatic nitrogens is 1. The molecule has 0 aliphatic heterocycles. The Hall–Kier alpha value is -1.09. The second-order valence-corrected chi connectivity index (χ2v) is 4.70. The lowest BCUT2D eigenvalue weighted by molar-refractivity contribution is 0.372. The van der Waals surface area contributed by atoms with Gasteiger partial charge in [0, 0.05) is 31.9 Å². The van der Waals surface area contributed by atoms with E-state index in [0.717, 1.165) is 12.1 Å². The molecule has 1 aliphatic carbocycles. The van der Waals surface area contributed by atoms with Gasteiger partial charge in [0.15, 0.2) is 0 Å². The standard InChI is InChI=1S/C13H20N2O/c1-15-8-7-11(9-13(15)16)10-14-12-5-3-2-4-6-12/h7-9,12,14H,2-6,10H2,1H3. The Labute approximate surface area is 96.5 Å². The molecule has 0 spiro atoms. The molecular weight excluding hydrogens is 200 g/mol. The molecule has 1 N–H and O–H groups in total. The third kappa shape index (κ3) is 2.95. The SMILES string of the molecule is Cn1ccc(CNC2CCCCC2)cc1=O. The summed E-state index contributed by atoms with van der Waals surface area (Å²) in [6, 6.07) is 4.38. The zero-order valence-electron chi connectivity index (χ0n) is 9.91. The van der Waals surface area contributed by atoms with Crippen LogP contribution in [-0.4, -0.2) is 10.6 Å². The number of hydrogen-bond donors (Lipinski definition) is 1. The topological polar surface area (TPSA) is 34.0 Å². The predicted octanol–water partition coefficient (Wildman–Crippen LogP) is 1.81. The van der Waals surface area contributed by atoms with Gasteiger partial charge in [0.25, 0.3) is 5.56 Å². The third-order valence-corrected chi connectivity index (χ3v) is 3.37. The monoisotopic (exact) mass is 220 g/mol. The molecule has 3 heteroatoms. The van der Waals surface area contributed by atoms with Crippen molar-refractivity contribution in [2.45, 2.75) is 44.7 Å². The highest BCUT2D eigenvalue weighted by Gasteiger charge is 2.12. The molecule has 0 amide bonds. The molecule has 1 aliphatic rings. The van der Waals surface area contributed by atoms with Gasteiger partial charge in [-0.1, -0.05) is 19.3 Å². The highest BCUT2D eigenvalue weighted by atomic mass is 16.1. The Morgan fingerprint density at radius 3 is 2.81 bits per heavy atom. The van der Waals surface area contributed by atoms with Crippen LogP contribution in [0.2, 0.25) is 0 Å². The van der Waals surface area contributed by atoms with E-state index >= 15 is 0 Å². The summed E-state index contributed by atoms with van der Waals surface area (Å²) in [4.78, 5) is 11.4. The summed E-state index contributed by atoms with van der Waals surface area (Å²) in [5.74, 6) is 0. The van der Waals surface area contributed by atoms with E-state index in [-0.39, 0.29) is 5.56 Å². The van der Waals surface area contributed by atoms with Gasteiger partial charge in [0.2, 0.25) is 0 Å². The summed E-state index contributed by atoms with van der Waals surface area (Å²) in [5.41, 5.74) is 1.16. The van der Waals surface area contributed by atoms with Crippen LogP contribution in [0.4, 0.5) is 0 Å². The molecule has 2 rings (SSSR count). The van der Waals surface area contributed by atoms with E-state index in [0.29, 0.717) is 6.04 Å². The Morgan fingerprint density at radius 1 is 1.38 bits per heavy atom. The summed E-state index contributed by atoms with van der Waals surface area (Å²) in [6.07, 6.45) is 8.46. The normalized spacial score (nSPS) is 17.6. The fourth-order valence-corrected chi connectivity index (χ4v) is 2.27. The van der Waals surface area contributed by atoms with Crippen molar-refractivity contribution in [2.75, 3.05) is 0 Å². The first-order chi connectivity index (χ1) is 7.75. The van der Waals surface area contributed by atoms with Crippen molar-refractivity contribution in [3.8, 4) is 0 Å². The van der Waals surface area contributed by atoms with Gasteiger partial charge >= 0.3 is 0 Å². The van der Waals surface area contributed by atoms with Crippen LogP contribution >= 0.6 is 0 Å². The summed E-state index contributed by atoms with van der Waals surface area (Å²) in [6.45, 7) is 0.820. The average molecular weight is 220 g/mol. The summed E-state index contributed by atoms with van der Waals surface area (Å²) in [7, 11) is 1.78. The number of hydrogen-bond acceptors (Lipinski definition) is 2. The molecule has 0 unspecified atom stereocenters. The first-order valence-corrected chi connectivity index (χ1v) is 6.14. The van der Waals surface area contributed by atoms with Crippen LogP contribution < -0.4 is 10.9 Å². The van der Waals surface area contributed by atoms with Crippen molar-refractivity contribution in [3.63, 3.8) is 0 Å². The second kappa shape index (κ2) is 5.30. The van der Waals surface area contributed by atoms with Gasteiger partial charge in [-0.2, -0.15) is 0 Å². The van der Waals surface area contributed by atoms with E-state index in [9.17, 15) is 4.79 Å². The molecule has 1 saturated carbocycles. The Balaban J connectivity index is 1.88. The average Bonchev–Trinajstić information content (AvgIpc) is 2.32. The minimum atomic E-state index is 0.0722. The van der Waals surface area contributed by atoms with Gasteiger partial charge in [-0.05, 0) is 24.5 Å². The van der Waals surface area contributed by atoms with Crippen LogP contribution in [0.15, 0.2) is 23.1 Å². The molecule has 88 valence electrons. The Kier molecular flexibility index (Phi) is 3.78. The number of nitrogens with zero attached hydrogens (tertiary/aromatic N) is 1. The molecule has 1 fully saturated rings. The van der Waals surface area contributed by atoms with E-state index in [2.05, 4.69) is 5.32 Å². The molecule has 3 nitrogen and oxygen atoms in total. The van der Waals surface area contributed by atoms with Gasteiger partial charge in [0.05, 0.1) is 0 Å². The van der Waals surface area contributed by atoms with Gasteiger partial charge in [-0.25, -0.2) is 0 Å². The van der Waals surface area contributed by atoms with Crippen molar-refractivity contribution in [2.24, 2.45) is 7.05 Å². The minimum Gasteiger partial charge on any atom is -0.319 e. The van der Waals surface area contributed by atoms with E-state index in [4.69, 9.17) is 0 Å². The lowest BCUT2D eigenvalue weighted by Gasteiger charge is -2.22. The lowest BCUT2D eigenvalue weighted by Crippen LogP contribution is -2.31. The molecule has 0 atom stereocenters. The van der Waals surface area contributed by atoms with Crippen molar-refractivity contribution in [3.05, 3.63) is 34.2 Å². The maximum absolute atomic E-state index is 11.4. The van der Waals surface area contributed by atoms with Crippen molar-refractivity contribution in [1.82, 2.24) is 9.88 Å². The van der Waals surface area contributed by atoms with Crippen molar-refractivity contribution in [1.29, 1.82) is 0 Å². The van der Waals surface area contributed by atoms with Gasteiger partial charge in [-0.3, -0.25) is 4.79 Å². The van der Waals surface area contributed by atoms with E-state index < -0.39 is 0 Å². The fraction of sp³-hybridized carbons (Fsp3) is 0.615. The third-order valence-electron chi connectivity index (χ3n) is 3.37. The quantitative estimate of drug-likeness (QED) is 0.843. The van der Waals surface area contributed by atoms with Crippen LogP contribution in [0.5, 0.6) is 0 Å². The molecule has 1 heterocycles. The van der Waals surface area contributed by atoms with E-state index in [1.54, 1.807) is 17.7 Å². The molecule has 1 aromatic heterocycles. The van der Waals surface area contributed by atoms with E-state index in [1.165, 1.54) is 32.1 Å². The summed E-state index contributed by atoms with van der Waals surface area (Å²) < 4.78 is 1.60. The highest BCUT2D eigenvalue weighted by molar-refractivity contribution is 5.10. The largest absolute Gasteiger partial charge is 0.319 e. The molecular formula is C13H20N2O. The molecule has 0 radical (unpaired) electrons. The first-order valence-electron chi connectivity index (χ1n) is 6.14. The van der Waals surface area contributed by atoms with Crippen LogP contribution in [0.3, 0.4) is 0 Å². The van der Waals surface area contributed by atoms with Crippen LogP contribution in [0.1, 0.15) is 37.7 Å². The summed E-state index contributed by atoms with van der Waals surface area (Å²) >= 11 is 0. The van der Waals surface area contributed by atoms with E-state index in [1.807, 2.05) is 12.3 Å². The molecule has 0 bridgehead atoms. The molecule has 0 saturated heterocycles. The minimum absolute atomic E-state index is 0.0722. The zero-order chi connectivity index (χ0) is 11.4. The number of aryl methyl sites for hydroxylation is 1. The zero-order valence-corrected chi connectivity index (χ0v) is 9.91. The molecule has 0 aromatic carbocycles. The van der Waals surface area contributed by atoms with Gasteiger partial charge < -0.3 is 9.88 Å². The van der Waals surface area contributed by atoms with Crippen molar-refractivity contribution >= 4 is 0 Å². The number of rotatable bonds is 3. The molecule has 16 heavy (non-hydrogen) atoms. The lowest BCUT2D eigenvalue weighted by atomic mass is 9.95. The van der Waals surface area contributed by atoms with Gasteiger partial charge in [-0.15, -0.1) is 0 Å². The maximum Gasteiger partial charge on any atom is 0.250 e. The summed E-state index contributed by atoms with van der Waals surface area (Å²) in [5, 5.41) is 3.54. The molecule has 1 aromatic rings. The van der Waals surface area contributed by atoms with Crippen molar-refractivity contribution < 1.29 is 0 Å². The van der Waals surface area contributed by atoms with Gasteiger partial charge in [0.1, 0.15) is 0 Å². The Morgan fingerprint density at radius 2 is 2.12 bits per heavy atom. The number of pyridine rings is 1. The Bertz CT molecular complexity index is 391. The predicted molar refractivity (Wildman–Crippen MR) is 65.4 cm³/mol. The van der Waals surface area contributed by atoms with Crippen LogP contribution in [0.25, 0.3) is 0 Å². The second-order valence-electron chi connectivity index (χ2n) is 4.70. The smallest absolute Gasteiger partial charge is 0.250 e. The van der Waals surface area contributed by atoms with Crippen LogP contribution in [0, 0.1) is 0 Å². The highest BCUT2D eigenvalue weighted by Crippen LogP contribution is 2.17. The van der Waals surface area contributed by atoms with Crippen LogP contribution in [-0.2, 0) is 13.6 Å². The maximum atomic E-state index is 11.4.